The van der Waals surface area contributed by atoms with Gasteiger partial charge in [0.25, 0.3) is 0 Å². The van der Waals surface area contributed by atoms with Gasteiger partial charge in [-0.2, -0.15) is 0 Å². The molecular weight excluding hydrogens is 356 g/mol. The van der Waals surface area contributed by atoms with Gasteiger partial charge in [-0.3, -0.25) is 9.59 Å². The Hall–Kier alpha value is -2.57. The number of carbonyl (C=O) groups excluding carboxylic acids is 3. The van der Waals surface area contributed by atoms with Gasteiger partial charge in [-0.1, -0.05) is 30.3 Å². The lowest BCUT2D eigenvalue weighted by atomic mass is 9.97. The van der Waals surface area contributed by atoms with Crippen molar-refractivity contribution < 1.29 is 14.4 Å². The molecule has 1 saturated heterocycles. The van der Waals surface area contributed by atoms with Crippen LogP contribution in [0, 0.1) is 5.92 Å². The number of hydrogen-bond acceptors (Lipinski definition) is 3. The molecule has 0 aliphatic carbocycles. The molecule has 4 amide bonds. The molecule has 1 atom stereocenters. The lowest BCUT2D eigenvalue weighted by molar-refractivity contribution is -0.139. The van der Waals surface area contributed by atoms with Gasteiger partial charge >= 0.3 is 17.8 Å². The molecule has 154 valence electrons. The summed E-state index contributed by atoms with van der Waals surface area (Å²) < 4.78 is 0. The lowest BCUT2D eigenvalue weighted by Gasteiger charge is -2.34. The standard InChI is InChI=1S/C21H32N4O3/c1-15(17-8-6-5-7-9-17)23-19(27)18(26)22-14-16-10-12-25(13-11-16)20(28)24-21(2,3)4/h5-9,15-16H,10-14H2,1-4H3,(H,22,26)(H,23,27)(H,24,28)/t15-/m1/s1. The number of amides is 4. The molecule has 0 saturated carbocycles. The highest BCUT2D eigenvalue weighted by Gasteiger charge is 2.26. The Morgan fingerprint density at radius 2 is 1.68 bits per heavy atom. The van der Waals surface area contributed by atoms with Crippen molar-refractivity contribution in [3.63, 3.8) is 0 Å². The summed E-state index contributed by atoms with van der Waals surface area (Å²) in [5.74, 6) is -0.976. The molecule has 1 heterocycles. The predicted octanol–water partition coefficient (Wildman–Crippen LogP) is 2.20. The maximum atomic E-state index is 12.2. The van der Waals surface area contributed by atoms with Gasteiger partial charge in [0.15, 0.2) is 0 Å². The highest BCUT2D eigenvalue weighted by Crippen LogP contribution is 2.17. The largest absolute Gasteiger partial charge is 0.348 e. The highest BCUT2D eigenvalue weighted by atomic mass is 16.2. The fourth-order valence-electron chi connectivity index (χ4n) is 3.14. The summed E-state index contributed by atoms with van der Waals surface area (Å²) in [6.07, 6.45) is 1.61. The first-order valence-corrected chi connectivity index (χ1v) is 9.86. The van der Waals surface area contributed by atoms with Crippen LogP contribution in [0.5, 0.6) is 0 Å². The molecule has 28 heavy (non-hydrogen) atoms. The van der Waals surface area contributed by atoms with Gasteiger partial charge in [0, 0.05) is 25.2 Å². The van der Waals surface area contributed by atoms with Crippen molar-refractivity contribution in [1.82, 2.24) is 20.9 Å². The molecule has 1 fully saturated rings. The molecule has 0 bridgehead atoms. The molecule has 0 radical (unpaired) electrons. The van der Waals surface area contributed by atoms with E-state index in [1.54, 1.807) is 4.90 Å². The maximum absolute atomic E-state index is 12.2. The Balaban J connectivity index is 1.70. The van der Waals surface area contributed by atoms with Gasteiger partial charge in [0.1, 0.15) is 0 Å². The van der Waals surface area contributed by atoms with Gasteiger partial charge in [-0.25, -0.2) is 4.79 Å². The van der Waals surface area contributed by atoms with E-state index in [9.17, 15) is 14.4 Å². The van der Waals surface area contributed by atoms with Gasteiger partial charge in [-0.15, -0.1) is 0 Å². The second kappa shape index (κ2) is 9.57. The van der Waals surface area contributed by atoms with Crippen LogP contribution < -0.4 is 16.0 Å². The van der Waals surface area contributed by atoms with Crippen LogP contribution >= 0.6 is 0 Å². The van der Waals surface area contributed by atoms with Crippen LogP contribution in [0.3, 0.4) is 0 Å². The normalized spacial score (nSPS) is 16.2. The topological polar surface area (TPSA) is 90.5 Å². The van der Waals surface area contributed by atoms with Gasteiger partial charge in [0.2, 0.25) is 0 Å². The van der Waals surface area contributed by atoms with Crippen molar-refractivity contribution in [3.05, 3.63) is 35.9 Å². The molecule has 1 aromatic carbocycles. The average molecular weight is 389 g/mol. The van der Waals surface area contributed by atoms with Crippen LogP contribution in [-0.2, 0) is 9.59 Å². The fourth-order valence-corrected chi connectivity index (χ4v) is 3.14. The first-order chi connectivity index (χ1) is 13.2. The van der Waals surface area contributed by atoms with E-state index in [1.807, 2.05) is 58.0 Å². The molecule has 7 nitrogen and oxygen atoms in total. The summed E-state index contributed by atoms with van der Waals surface area (Å²) >= 11 is 0. The number of rotatable bonds is 4. The zero-order valence-electron chi connectivity index (χ0n) is 17.2. The fraction of sp³-hybridized carbons (Fsp3) is 0.571. The van der Waals surface area contributed by atoms with E-state index in [4.69, 9.17) is 0 Å². The minimum atomic E-state index is -0.627. The third-order valence-electron chi connectivity index (χ3n) is 4.79. The SMILES string of the molecule is C[C@@H](NC(=O)C(=O)NCC1CCN(C(=O)NC(C)(C)C)CC1)c1ccccc1. The number of likely N-dealkylation sites (tertiary alicyclic amines) is 1. The number of nitrogens with zero attached hydrogens (tertiary/aromatic N) is 1. The number of nitrogens with one attached hydrogen (secondary N) is 3. The van der Waals surface area contributed by atoms with Crippen LogP contribution in [0.25, 0.3) is 0 Å². The Kier molecular flexibility index (Phi) is 7.43. The number of benzene rings is 1. The molecule has 3 N–H and O–H groups in total. The molecule has 1 aromatic rings. The van der Waals surface area contributed by atoms with E-state index in [0.29, 0.717) is 19.6 Å². The van der Waals surface area contributed by atoms with E-state index >= 15 is 0 Å². The Morgan fingerprint density at radius 1 is 1.07 bits per heavy atom. The van der Waals surface area contributed by atoms with Crippen LogP contribution in [-0.4, -0.2) is 47.9 Å². The van der Waals surface area contributed by atoms with Gasteiger partial charge in [-0.05, 0) is 52.0 Å². The summed E-state index contributed by atoms with van der Waals surface area (Å²) in [6, 6.07) is 9.23. The third kappa shape index (κ3) is 6.87. The zero-order chi connectivity index (χ0) is 20.7. The molecule has 7 heteroatoms. The van der Waals surface area contributed by atoms with E-state index in [1.165, 1.54) is 0 Å². The first-order valence-electron chi connectivity index (χ1n) is 9.86. The second-order valence-electron chi connectivity index (χ2n) is 8.43. The minimum absolute atomic E-state index is 0.0516. The van der Waals surface area contributed by atoms with Crippen molar-refractivity contribution >= 4 is 17.8 Å². The number of urea groups is 1. The Bertz CT molecular complexity index is 677. The first kappa shape index (κ1) is 21.7. The molecule has 0 unspecified atom stereocenters. The van der Waals surface area contributed by atoms with Crippen molar-refractivity contribution in [3.8, 4) is 0 Å². The highest BCUT2D eigenvalue weighted by molar-refractivity contribution is 6.35. The van der Waals surface area contributed by atoms with E-state index in [-0.39, 0.29) is 23.5 Å². The second-order valence-corrected chi connectivity index (χ2v) is 8.43. The quantitative estimate of drug-likeness (QED) is 0.691. The molecule has 2 rings (SSSR count). The molecule has 0 aromatic heterocycles. The number of piperidine rings is 1. The van der Waals surface area contributed by atoms with E-state index < -0.39 is 11.8 Å². The van der Waals surface area contributed by atoms with Crippen molar-refractivity contribution in [2.24, 2.45) is 5.92 Å². The van der Waals surface area contributed by atoms with Crippen molar-refractivity contribution in [2.45, 2.75) is 52.1 Å². The van der Waals surface area contributed by atoms with E-state index in [0.717, 1.165) is 18.4 Å². The average Bonchev–Trinajstić information content (AvgIpc) is 2.65. The summed E-state index contributed by atoms with van der Waals surface area (Å²) in [5, 5.41) is 8.40. The van der Waals surface area contributed by atoms with Crippen molar-refractivity contribution in [2.75, 3.05) is 19.6 Å². The Morgan fingerprint density at radius 3 is 2.25 bits per heavy atom. The van der Waals surface area contributed by atoms with Crippen LogP contribution in [0.4, 0.5) is 4.79 Å². The molecule has 1 aliphatic heterocycles. The predicted molar refractivity (Wildman–Crippen MR) is 109 cm³/mol. The van der Waals surface area contributed by atoms with Gasteiger partial charge < -0.3 is 20.9 Å². The van der Waals surface area contributed by atoms with E-state index in [2.05, 4.69) is 16.0 Å². The van der Waals surface area contributed by atoms with Crippen LogP contribution in [0.1, 0.15) is 52.1 Å². The van der Waals surface area contributed by atoms with Crippen LogP contribution in [0.2, 0.25) is 0 Å². The summed E-state index contributed by atoms with van der Waals surface area (Å²) in [6.45, 7) is 9.46. The number of carbonyl (C=O) groups is 3. The van der Waals surface area contributed by atoms with Crippen LogP contribution in [0.15, 0.2) is 30.3 Å². The van der Waals surface area contributed by atoms with Crippen molar-refractivity contribution in [1.29, 1.82) is 0 Å². The zero-order valence-corrected chi connectivity index (χ0v) is 17.2. The molecule has 0 spiro atoms. The summed E-state index contributed by atoms with van der Waals surface area (Å²) in [5.41, 5.74) is 0.691. The smallest absolute Gasteiger partial charge is 0.317 e. The molecule has 1 aliphatic rings. The van der Waals surface area contributed by atoms with Gasteiger partial charge in [0.05, 0.1) is 6.04 Å². The number of hydrogen-bond donors (Lipinski definition) is 3. The maximum Gasteiger partial charge on any atom is 0.317 e. The summed E-state index contributed by atoms with van der Waals surface area (Å²) in [4.78, 5) is 38.2. The Labute approximate surface area is 167 Å². The monoisotopic (exact) mass is 388 g/mol. The lowest BCUT2D eigenvalue weighted by Crippen LogP contribution is -2.51. The molecular formula is C21H32N4O3. The third-order valence-corrected chi connectivity index (χ3v) is 4.79. The minimum Gasteiger partial charge on any atom is -0.348 e. The summed E-state index contributed by atoms with van der Waals surface area (Å²) in [7, 11) is 0.